The van der Waals surface area contributed by atoms with Gasteiger partial charge in [-0.15, -0.1) is 5.10 Å². The van der Waals surface area contributed by atoms with Gasteiger partial charge in [0.05, 0.1) is 32.7 Å². The van der Waals surface area contributed by atoms with Gasteiger partial charge < -0.3 is 4.57 Å². The number of nitrogens with one attached hydrogen (secondary N) is 1. The predicted octanol–water partition coefficient (Wildman–Crippen LogP) is 3.12. The number of nitrogens with zero attached hydrogens (tertiary/aromatic N) is 6. The van der Waals surface area contributed by atoms with Gasteiger partial charge in [-0.2, -0.15) is 0 Å². The smallest absolute Gasteiger partial charge is 0.242 e. The fraction of sp³-hybridized carbons (Fsp3) is 0.250. The number of sulfonamides is 1. The second-order valence-electron chi connectivity index (χ2n) is 7.26. The third-order valence-corrected chi connectivity index (χ3v) is 7.97. The third-order valence-electron chi connectivity index (χ3n) is 5.23. The average molecular weight is 456 g/mol. The summed E-state index contributed by atoms with van der Waals surface area (Å²) in [6.07, 6.45) is 0. The van der Waals surface area contributed by atoms with Crippen molar-refractivity contribution in [2.45, 2.75) is 29.3 Å². The van der Waals surface area contributed by atoms with Crippen molar-refractivity contribution in [2.24, 2.45) is 0 Å². The number of imidazole rings is 2. The fourth-order valence-corrected chi connectivity index (χ4v) is 5.49. The molecule has 5 rings (SSSR count). The largest absolute Gasteiger partial charge is 0.328 e. The minimum Gasteiger partial charge on any atom is -0.328 e. The highest BCUT2D eigenvalue weighted by molar-refractivity contribution is 7.98. The van der Waals surface area contributed by atoms with Crippen molar-refractivity contribution in [2.75, 3.05) is 14.1 Å². The Morgan fingerprint density at radius 3 is 2.65 bits per heavy atom. The third kappa shape index (κ3) is 3.20. The van der Waals surface area contributed by atoms with E-state index in [2.05, 4.69) is 26.7 Å². The summed E-state index contributed by atoms with van der Waals surface area (Å²) in [5.74, 6) is 2.15. The summed E-state index contributed by atoms with van der Waals surface area (Å²) in [6.45, 7) is 2.78. The summed E-state index contributed by atoms with van der Waals surface area (Å²) in [7, 11) is -0.462. The topological polar surface area (TPSA) is 101 Å². The monoisotopic (exact) mass is 455 g/mol. The van der Waals surface area contributed by atoms with Gasteiger partial charge in [0.2, 0.25) is 15.8 Å². The Morgan fingerprint density at radius 1 is 1.06 bits per heavy atom. The van der Waals surface area contributed by atoms with Crippen LogP contribution in [0.5, 0.6) is 0 Å². The number of fused-ring (bicyclic) bond motifs is 4. The molecule has 1 N–H and O–H groups in total. The fourth-order valence-electron chi connectivity index (χ4n) is 3.66. The molecule has 5 aromatic rings. The summed E-state index contributed by atoms with van der Waals surface area (Å²) in [5.41, 5.74) is 3.49. The molecule has 0 saturated carbocycles. The van der Waals surface area contributed by atoms with E-state index < -0.39 is 10.0 Å². The molecule has 160 valence electrons. The molecule has 0 spiro atoms. The molecular weight excluding hydrogens is 434 g/mol. The van der Waals surface area contributed by atoms with Crippen molar-refractivity contribution in [1.82, 2.24) is 33.4 Å². The van der Waals surface area contributed by atoms with Gasteiger partial charge in [0.25, 0.3) is 0 Å². The zero-order chi connectivity index (χ0) is 21.8. The minimum absolute atomic E-state index is 0.240. The second kappa shape index (κ2) is 7.36. The van der Waals surface area contributed by atoms with Crippen LogP contribution in [0.3, 0.4) is 0 Å². The Bertz CT molecular complexity index is 1530. The van der Waals surface area contributed by atoms with E-state index in [0.717, 1.165) is 34.1 Å². The molecule has 0 aliphatic heterocycles. The normalized spacial score (nSPS) is 12.6. The molecule has 0 unspecified atom stereocenters. The lowest BCUT2D eigenvalue weighted by atomic mass is 10.3. The van der Waals surface area contributed by atoms with Gasteiger partial charge in [0, 0.05) is 20.6 Å². The molecule has 3 aromatic heterocycles. The van der Waals surface area contributed by atoms with E-state index in [1.807, 2.05) is 34.7 Å². The van der Waals surface area contributed by atoms with Crippen molar-refractivity contribution in [3.63, 3.8) is 0 Å². The first-order valence-corrected chi connectivity index (χ1v) is 12.2. The SMILES string of the molecule is CCn1c(CSc2n[nH]c3nc4ccccc4n23)nc2cc(S(=O)(=O)N(C)C)ccc21. The minimum atomic E-state index is -3.51. The molecule has 2 aromatic carbocycles. The van der Waals surface area contributed by atoms with Gasteiger partial charge in [0.15, 0.2) is 5.16 Å². The van der Waals surface area contributed by atoms with E-state index >= 15 is 0 Å². The van der Waals surface area contributed by atoms with Crippen molar-refractivity contribution in [3.8, 4) is 0 Å². The van der Waals surface area contributed by atoms with Crippen LogP contribution < -0.4 is 0 Å². The highest BCUT2D eigenvalue weighted by Crippen LogP contribution is 2.28. The van der Waals surface area contributed by atoms with Crippen molar-refractivity contribution in [3.05, 3.63) is 48.3 Å². The lowest BCUT2D eigenvalue weighted by Crippen LogP contribution is -2.22. The first-order valence-electron chi connectivity index (χ1n) is 9.76. The highest BCUT2D eigenvalue weighted by Gasteiger charge is 2.20. The Hall–Kier alpha value is -2.89. The van der Waals surface area contributed by atoms with E-state index in [1.165, 1.54) is 18.4 Å². The maximum absolute atomic E-state index is 12.5. The zero-order valence-corrected chi connectivity index (χ0v) is 18.9. The summed E-state index contributed by atoms with van der Waals surface area (Å²) in [6, 6.07) is 13.0. The van der Waals surface area contributed by atoms with E-state index in [0.29, 0.717) is 17.0 Å². The Morgan fingerprint density at radius 2 is 1.87 bits per heavy atom. The molecule has 0 aliphatic carbocycles. The number of hydrogen-bond acceptors (Lipinski definition) is 6. The standard InChI is InChI=1S/C20H21N7O2S2/c1-4-26-16-10-9-13(31(28,29)25(2)3)11-15(16)21-18(26)12-30-20-24-23-19-22-14-7-5-6-8-17(14)27(19)20/h5-11H,4,12H2,1-3H3,(H,22,23). The van der Waals surface area contributed by atoms with Crippen molar-refractivity contribution < 1.29 is 8.42 Å². The molecule has 11 heteroatoms. The van der Waals surface area contributed by atoms with Crippen LogP contribution in [-0.4, -0.2) is 56.0 Å². The van der Waals surface area contributed by atoms with E-state index in [4.69, 9.17) is 4.98 Å². The number of hydrogen-bond donors (Lipinski definition) is 1. The number of aromatic nitrogens is 6. The average Bonchev–Trinajstić information content (AvgIpc) is 3.42. The van der Waals surface area contributed by atoms with Crippen LogP contribution in [0.15, 0.2) is 52.5 Å². The number of benzene rings is 2. The Balaban J connectivity index is 1.51. The molecule has 0 amide bonds. The van der Waals surface area contributed by atoms with Crippen LogP contribution in [-0.2, 0) is 22.3 Å². The number of thioether (sulfide) groups is 1. The quantitative estimate of drug-likeness (QED) is 0.395. The maximum atomic E-state index is 12.5. The molecule has 0 atom stereocenters. The van der Waals surface area contributed by atoms with E-state index in [-0.39, 0.29) is 4.90 Å². The van der Waals surface area contributed by atoms with Crippen LogP contribution >= 0.6 is 11.8 Å². The molecule has 9 nitrogen and oxygen atoms in total. The van der Waals surface area contributed by atoms with Gasteiger partial charge in [-0.3, -0.25) is 4.40 Å². The summed E-state index contributed by atoms with van der Waals surface area (Å²) >= 11 is 1.56. The number of aromatic amines is 1. The van der Waals surface area contributed by atoms with Gasteiger partial charge in [-0.1, -0.05) is 23.9 Å². The first-order chi connectivity index (χ1) is 14.9. The Kier molecular flexibility index (Phi) is 4.76. The van der Waals surface area contributed by atoms with Gasteiger partial charge >= 0.3 is 0 Å². The molecule has 3 heterocycles. The summed E-state index contributed by atoms with van der Waals surface area (Å²) in [4.78, 5) is 9.54. The summed E-state index contributed by atoms with van der Waals surface area (Å²) in [5, 5.41) is 8.20. The molecule has 0 fully saturated rings. The maximum Gasteiger partial charge on any atom is 0.242 e. The lowest BCUT2D eigenvalue weighted by molar-refractivity contribution is 0.521. The second-order valence-corrected chi connectivity index (χ2v) is 10.4. The van der Waals surface area contributed by atoms with Crippen LogP contribution in [0.4, 0.5) is 0 Å². The van der Waals surface area contributed by atoms with Gasteiger partial charge in [-0.25, -0.2) is 27.8 Å². The van der Waals surface area contributed by atoms with Crippen LogP contribution in [0.25, 0.3) is 27.8 Å². The van der Waals surface area contributed by atoms with Crippen LogP contribution in [0.2, 0.25) is 0 Å². The molecule has 31 heavy (non-hydrogen) atoms. The zero-order valence-electron chi connectivity index (χ0n) is 17.3. The Labute approximate surface area is 183 Å². The number of rotatable bonds is 6. The highest BCUT2D eigenvalue weighted by atomic mass is 32.2. The molecule has 0 saturated heterocycles. The first kappa shape index (κ1) is 20.0. The van der Waals surface area contributed by atoms with E-state index in [1.54, 1.807) is 23.9 Å². The van der Waals surface area contributed by atoms with Gasteiger partial charge in [0.1, 0.15) is 5.82 Å². The number of H-pyrrole nitrogens is 1. The molecule has 0 bridgehead atoms. The predicted molar refractivity (Wildman–Crippen MR) is 121 cm³/mol. The van der Waals surface area contributed by atoms with E-state index in [9.17, 15) is 8.42 Å². The molecular formula is C20H21N7O2S2. The lowest BCUT2D eigenvalue weighted by Gasteiger charge is -2.11. The van der Waals surface area contributed by atoms with Crippen LogP contribution in [0.1, 0.15) is 12.7 Å². The van der Waals surface area contributed by atoms with Crippen molar-refractivity contribution >= 4 is 49.6 Å². The number of para-hydroxylation sites is 2. The van der Waals surface area contributed by atoms with Gasteiger partial charge in [-0.05, 0) is 37.3 Å². The van der Waals surface area contributed by atoms with Crippen molar-refractivity contribution in [1.29, 1.82) is 0 Å². The van der Waals surface area contributed by atoms with Crippen LogP contribution in [0, 0.1) is 0 Å². The summed E-state index contributed by atoms with van der Waals surface area (Å²) < 4.78 is 30.3. The molecule has 0 radical (unpaired) electrons. The molecule has 0 aliphatic rings. The number of aryl methyl sites for hydroxylation is 1.